The number of allylic oxidation sites excluding steroid dienone is 2. The molecule has 0 unspecified atom stereocenters. The van der Waals surface area contributed by atoms with Gasteiger partial charge in [-0.05, 0) is 43.8 Å². The van der Waals surface area contributed by atoms with Gasteiger partial charge in [0.2, 0.25) is 11.6 Å². The molecule has 0 bridgehead atoms. The fourth-order valence-corrected chi connectivity index (χ4v) is 3.54. The second kappa shape index (κ2) is 10.7. The van der Waals surface area contributed by atoms with Gasteiger partial charge in [0.05, 0.1) is 6.54 Å². The molecule has 9 nitrogen and oxygen atoms in total. The monoisotopic (exact) mass is 471 g/mol. The predicted molar refractivity (Wildman–Crippen MR) is 122 cm³/mol. The van der Waals surface area contributed by atoms with Crippen LogP contribution in [0.4, 0.5) is 8.78 Å². The summed E-state index contributed by atoms with van der Waals surface area (Å²) in [6, 6.07) is 5.98. The number of hydrogen-bond acceptors (Lipinski definition) is 8. The number of piperazine rings is 1. The van der Waals surface area contributed by atoms with E-state index < -0.39 is 6.61 Å². The summed E-state index contributed by atoms with van der Waals surface area (Å²) in [4.78, 5) is 13.5. The number of hydrogen-bond donors (Lipinski definition) is 0. The fraction of sp³-hybridized carbons (Fsp3) is 0.391. The third-order valence-corrected chi connectivity index (χ3v) is 5.61. The van der Waals surface area contributed by atoms with Crippen molar-refractivity contribution in [3.8, 4) is 28.9 Å². The van der Waals surface area contributed by atoms with Gasteiger partial charge in [-0.2, -0.15) is 13.8 Å². The maximum absolute atomic E-state index is 12.3. The molecular weight excluding hydrogens is 444 g/mol. The molecule has 3 heterocycles. The number of rotatable bonds is 9. The van der Waals surface area contributed by atoms with Gasteiger partial charge in [-0.3, -0.25) is 4.90 Å². The summed E-state index contributed by atoms with van der Waals surface area (Å²) in [5, 5.41) is 8.48. The standard InChI is InChI=1S/C23H27F2N7O2/c1-4-17(9-10-31-13-11-30(3)12-14-31)15-32-16(2)26-21(28-32)22-27-20(29-34-22)18-5-7-19(8-6-18)33-23(24)25/h4-9,23H,1,10-15H2,2-3H3/b17-9+. The van der Waals surface area contributed by atoms with Crippen molar-refractivity contribution in [2.24, 2.45) is 0 Å². The molecule has 1 aliphatic rings. The highest BCUT2D eigenvalue weighted by Gasteiger charge is 2.18. The van der Waals surface area contributed by atoms with E-state index in [-0.39, 0.29) is 11.6 Å². The lowest BCUT2D eigenvalue weighted by molar-refractivity contribution is -0.0498. The van der Waals surface area contributed by atoms with Gasteiger partial charge in [0.1, 0.15) is 11.6 Å². The van der Waals surface area contributed by atoms with Crippen molar-refractivity contribution in [3.63, 3.8) is 0 Å². The highest BCUT2D eigenvalue weighted by atomic mass is 19.3. The van der Waals surface area contributed by atoms with Crippen LogP contribution in [-0.2, 0) is 6.54 Å². The topological polar surface area (TPSA) is 85.3 Å². The zero-order valence-corrected chi connectivity index (χ0v) is 19.2. The fourth-order valence-electron chi connectivity index (χ4n) is 3.54. The van der Waals surface area contributed by atoms with Crippen molar-refractivity contribution in [1.29, 1.82) is 0 Å². The molecule has 1 fully saturated rings. The Kier molecular flexibility index (Phi) is 7.43. The molecule has 1 aromatic carbocycles. The summed E-state index contributed by atoms with van der Waals surface area (Å²) < 4.78 is 36.1. The molecule has 1 saturated heterocycles. The first-order chi connectivity index (χ1) is 16.4. The molecule has 34 heavy (non-hydrogen) atoms. The molecule has 180 valence electrons. The lowest BCUT2D eigenvalue weighted by atomic mass is 10.2. The molecular formula is C23H27F2N7O2. The minimum absolute atomic E-state index is 0.0530. The van der Waals surface area contributed by atoms with Crippen LogP contribution < -0.4 is 4.74 Å². The molecule has 1 aliphatic heterocycles. The van der Waals surface area contributed by atoms with E-state index in [9.17, 15) is 8.78 Å². The van der Waals surface area contributed by atoms with Crippen LogP contribution in [0.25, 0.3) is 23.1 Å². The van der Waals surface area contributed by atoms with Crippen LogP contribution >= 0.6 is 0 Å². The highest BCUT2D eigenvalue weighted by molar-refractivity contribution is 5.57. The molecule has 0 amide bonds. The van der Waals surface area contributed by atoms with Gasteiger partial charge < -0.3 is 14.2 Å². The Bertz CT molecular complexity index is 1130. The van der Waals surface area contributed by atoms with E-state index in [4.69, 9.17) is 4.52 Å². The van der Waals surface area contributed by atoms with Crippen LogP contribution in [0.2, 0.25) is 0 Å². The zero-order valence-electron chi connectivity index (χ0n) is 19.2. The van der Waals surface area contributed by atoms with E-state index in [2.05, 4.69) is 54.5 Å². The maximum atomic E-state index is 12.3. The second-order valence-corrected chi connectivity index (χ2v) is 8.05. The number of benzene rings is 1. The molecule has 0 saturated carbocycles. The normalized spacial score (nSPS) is 15.7. The molecule has 0 spiro atoms. The Hall–Kier alpha value is -3.44. The van der Waals surface area contributed by atoms with Crippen molar-refractivity contribution in [2.45, 2.75) is 20.1 Å². The van der Waals surface area contributed by atoms with E-state index in [1.807, 2.05) is 13.0 Å². The summed E-state index contributed by atoms with van der Waals surface area (Å²) in [5.41, 5.74) is 1.64. The van der Waals surface area contributed by atoms with Crippen LogP contribution in [0.3, 0.4) is 0 Å². The van der Waals surface area contributed by atoms with E-state index in [0.717, 1.165) is 38.3 Å². The first kappa shape index (κ1) is 23.7. The minimum Gasteiger partial charge on any atom is -0.435 e. The quantitative estimate of drug-likeness (QED) is 0.440. The average Bonchev–Trinajstić information content (AvgIpc) is 3.45. The largest absolute Gasteiger partial charge is 0.435 e. The average molecular weight is 472 g/mol. The van der Waals surface area contributed by atoms with Crippen LogP contribution in [0.1, 0.15) is 5.82 Å². The van der Waals surface area contributed by atoms with E-state index in [1.54, 1.807) is 16.8 Å². The Morgan fingerprint density at radius 1 is 1.15 bits per heavy atom. The zero-order chi connectivity index (χ0) is 24.1. The molecule has 0 atom stereocenters. The number of halogens is 2. The lowest BCUT2D eigenvalue weighted by Gasteiger charge is -2.31. The van der Waals surface area contributed by atoms with Crippen LogP contribution in [0.5, 0.6) is 5.75 Å². The van der Waals surface area contributed by atoms with Crippen molar-refractivity contribution in [3.05, 3.63) is 54.4 Å². The van der Waals surface area contributed by atoms with Crippen molar-refractivity contribution in [2.75, 3.05) is 39.8 Å². The van der Waals surface area contributed by atoms with Gasteiger partial charge in [-0.15, -0.1) is 5.10 Å². The predicted octanol–water partition coefficient (Wildman–Crippen LogP) is 3.26. The molecule has 0 radical (unpaired) electrons. The number of nitrogens with zero attached hydrogens (tertiary/aromatic N) is 7. The highest BCUT2D eigenvalue weighted by Crippen LogP contribution is 2.23. The van der Waals surface area contributed by atoms with Crippen LogP contribution in [0, 0.1) is 6.92 Å². The molecule has 3 aromatic rings. The first-order valence-corrected chi connectivity index (χ1v) is 10.9. The smallest absolute Gasteiger partial charge is 0.387 e. The summed E-state index contributed by atoms with van der Waals surface area (Å²) in [6.45, 7) is 8.55. The third kappa shape index (κ3) is 5.91. The molecule has 11 heteroatoms. The number of ether oxygens (including phenoxy) is 1. The minimum atomic E-state index is -2.88. The van der Waals surface area contributed by atoms with Crippen LogP contribution in [0.15, 0.2) is 53.1 Å². The summed E-state index contributed by atoms with van der Waals surface area (Å²) in [5.74, 6) is 1.54. The van der Waals surface area contributed by atoms with Crippen molar-refractivity contribution < 1.29 is 18.0 Å². The number of aromatic nitrogens is 5. The Morgan fingerprint density at radius 3 is 2.56 bits per heavy atom. The van der Waals surface area contributed by atoms with E-state index in [0.29, 0.717) is 29.6 Å². The number of alkyl halides is 2. The summed E-state index contributed by atoms with van der Waals surface area (Å²) >= 11 is 0. The van der Waals surface area contributed by atoms with Crippen molar-refractivity contribution in [1.82, 2.24) is 34.7 Å². The Labute approximate surface area is 196 Å². The van der Waals surface area contributed by atoms with Crippen molar-refractivity contribution >= 4 is 0 Å². The first-order valence-electron chi connectivity index (χ1n) is 10.9. The number of likely N-dealkylation sites (N-methyl/N-ethyl adjacent to an activating group) is 1. The van der Waals surface area contributed by atoms with Gasteiger partial charge in [0.25, 0.3) is 5.89 Å². The SMILES string of the molecule is C=C/C(=C\CN1CCN(C)CC1)Cn1nc(-c2nc(-c3ccc(OC(F)F)cc3)no2)nc1C. The third-order valence-electron chi connectivity index (χ3n) is 5.61. The second-order valence-electron chi connectivity index (χ2n) is 8.05. The van der Waals surface area contributed by atoms with Gasteiger partial charge in [-0.1, -0.05) is 23.9 Å². The molecule has 0 N–H and O–H groups in total. The molecule has 2 aromatic heterocycles. The number of aryl methyl sites for hydroxylation is 1. The van der Waals surface area contributed by atoms with Gasteiger partial charge in [-0.25, -0.2) is 9.67 Å². The lowest BCUT2D eigenvalue weighted by Crippen LogP contribution is -2.44. The Balaban J connectivity index is 1.43. The summed E-state index contributed by atoms with van der Waals surface area (Å²) in [6.07, 6.45) is 4.01. The maximum Gasteiger partial charge on any atom is 0.387 e. The van der Waals surface area contributed by atoms with E-state index >= 15 is 0 Å². The van der Waals surface area contributed by atoms with Gasteiger partial charge in [0.15, 0.2) is 0 Å². The van der Waals surface area contributed by atoms with E-state index in [1.165, 1.54) is 12.1 Å². The molecule has 0 aliphatic carbocycles. The van der Waals surface area contributed by atoms with Gasteiger partial charge in [0, 0.05) is 38.3 Å². The summed E-state index contributed by atoms with van der Waals surface area (Å²) in [7, 11) is 2.14. The van der Waals surface area contributed by atoms with Crippen LogP contribution in [-0.4, -0.2) is 81.1 Å². The Morgan fingerprint density at radius 2 is 1.88 bits per heavy atom. The molecule has 4 rings (SSSR count). The van der Waals surface area contributed by atoms with Gasteiger partial charge >= 0.3 is 6.61 Å².